The van der Waals surface area contributed by atoms with Crippen LogP contribution in [0.4, 0.5) is 10.2 Å². The van der Waals surface area contributed by atoms with Gasteiger partial charge in [0, 0.05) is 42.3 Å². The van der Waals surface area contributed by atoms with Crippen molar-refractivity contribution in [1.82, 2.24) is 20.4 Å². The first-order valence-corrected chi connectivity index (χ1v) is 11.8. The van der Waals surface area contributed by atoms with E-state index in [-0.39, 0.29) is 17.6 Å². The summed E-state index contributed by atoms with van der Waals surface area (Å²) in [6.45, 7) is 1.74. The fraction of sp³-hybridized carbons (Fsp3) is 0.231. The Balaban J connectivity index is 1.25. The molecule has 1 aliphatic heterocycles. The number of rotatable bonds is 6. The molecule has 0 aliphatic carbocycles. The lowest BCUT2D eigenvalue weighted by molar-refractivity contribution is -0.125. The normalized spacial score (nSPS) is 14.2. The van der Waals surface area contributed by atoms with Crippen LogP contribution in [0.25, 0.3) is 22.8 Å². The number of hydrogen-bond donors (Lipinski definition) is 1. The predicted molar refractivity (Wildman–Crippen MR) is 131 cm³/mol. The van der Waals surface area contributed by atoms with E-state index >= 15 is 0 Å². The van der Waals surface area contributed by atoms with E-state index in [9.17, 15) is 9.18 Å². The summed E-state index contributed by atoms with van der Waals surface area (Å²) in [5.74, 6) is 0.924. The van der Waals surface area contributed by atoms with Crippen LogP contribution in [-0.2, 0) is 11.3 Å². The molecule has 7 nitrogen and oxygen atoms in total. The van der Waals surface area contributed by atoms with E-state index in [0.717, 1.165) is 11.4 Å². The highest BCUT2D eigenvalue weighted by Crippen LogP contribution is 2.32. The Hall–Kier alpha value is -3.78. The van der Waals surface area contributed by atoms with Gasteiger partial charge in [0.25, 0.3) is 5.89 Å². The van der Waals surface area contributed by atoms with Crippen molar-refractivity contribution in [3.05, 3.63) is 83.3 Å². The third kappa shape index (κ3) is 5.17. The summed E-state index contributed by atoms with van der Waals surface area (Å²) in [6.07, 6.45) is 3.11. The number of nitrogens with one attached hydrogen (secondary N) is 1. The van der Waals surface area contributed by atoms with Crippen molar-refractivity contribution >= 4 is 23.3 Å². The average molecular weight is 492 g/mol. The highest BCUT2D eigenvalue weighted by molar-refractivity contribution is 6.31. The summed E-state index contributed by atoms with van der Waals surface area (Å²) < 4.78 is 19.1. The summed E-state index contributed by atoms with van der Waals surface area (Å²) in [6, 6.07) is 17.2. The summed E-state index contributed by atoms with van der Waals surface area (Å²) >= 11 is 6.19. The number of amides is 1. The molecule has 2 aromatic heterocycles. The highest BCUT2D eigenvalue weighted by Gasteiger charge is 2.28. The van der Waals surface area contributed by atoms with Crippen LogP contribution in [0, 0.1) is 11.7 Å². The predicted octanol–water partition coefficient (Wildman–Crippen LogP) is 5.12. The monoisotopic (exact) mass is 491 g/mol. The van der Waals surface area contributed by atoms with Gasteiger partial charge >= 0.3 is 0 Å². The van der Waals surface area contributed by atoms with Gasteiger partial charge in [0.2, 0.25) is 11.7 Å². The molecule has 1 aliphatic rings. The summed E-state index contributed by atoms with van der Waals surface area (Å²) in [7, 11) is 0. The number of pyridine rings is 1. The second-order valence-electron chi connectivity index (χ2n) is 8.38. The Morgan fingerprint density at radius 2 is 1.94 bits per heavy atom. The molecule has 0 unspecified atom stereocenters. The molecule has 0 atom stereocenters. The molecule has 1 saturated heterocycles. The lowest BCUT2D eigenvalue weighted by Gasteiger charge is -2.32. The number of anilines is 1. The Bertz CT molecular complexity index is 1340. The van der Waals surface area contributed by atoms with Crippen LogP contribution in [-0.4, -0.2) is 34.1 Å². The molecule has 178 valence electrons. The molecule has 3 heterocycles. The molecule has 1 N–H and O–H groups in total. The summed E-state index contributed by atoms with van der Waals surface area (Å²) in [5.41, 5.74) is 2.13. The molecule has 0 bridgehead atoms. The molecule has 1 fully saturated rings. The van der Waals surface area contributed by atoms with Crippen LogP contribution in [0.3, 0.4) is 0 Å². The molecule has 5 rings (SSSR count). The second-order valence-corrected chi connectivity index (χ2v) is 8.79. The number of nitrogens with zero attached hydrogens (tertiary/aromatic N) is 4. The maximum Gasteiger partial charge on any atom is 0.261 e. The van der Waals surface area contributed by atoms with Gasteiger partial charge in [-0.3, -0.25) is 4.79 Å². The van der Waals surface area contributed by atoms with Gasteiger partial charge in [-0.2, -0.15) is 4.98 Å². The molecule has 0 spiro atoms. The van der Waals surface area contributed by atoms with Gasteiger partial charge in [0.05, 0.1) is 5.56 Å². The van der Waals surface area contributed by atoms with Crippen molar-refractivity contribution in [2.45, 2.75) is 19.4 Å². The summed E-state index contributed by atoms with van der Waals surface area (Å²) in [5, 5.41) is 7.67. The topological polar surface area (TPSA) is 84.2 Å². The minimum absolute atomic E-state index is 0.0300. The van der Waals surface area contributed by atoms with Crippen molar-refractivity contribution in [3.8, 4) is 22.8 Å². The van der Waals surface area contributed by atoms with Gasteiger partial charge in [-0.25, -0.2) is 9.37 Å². The number of carbonyl (C=O) groups is 1. The molecular weight excluding hydrogens is 469 g/mol. The van der Waals surface area contributed by atoms with Crippen LogP contribution in [0.5, 0.6) is 0 Å². The Morgan fingerprint density at radius 1 is 1.11 bits per heavy atom. The molecule has 2 aromatic carbocycles. The van der Waals surface area contributed by atoms with Crippen LogP contribution in [0.1, 0.15) is 18.4 Å². The third-order valence-corrected chi connectivity index (χ3v) is 6.47. The molecule has 0 saturated carbocycles. The fourth-order valence-electron chi connectivity index (χ4n) is 4.22. The van der Waals surface area contributed by atoms with Crippen LogP contribution < -0.4 is 10.2 Å². The van der Waals surface area contributed by atoms with Gasteiger partial charge in [0.15, 0.2) is 0 Å². The molecule has 9 heteroatoms. The highest BCUT2D eigenvalue weighted by atomic mass is 35.5. The van der Waals surface area contributed by atoms with Gasteiger partial charge < -0.3 is 14.7 Å². The van der Waals surface area contributed by atoms with E-state index in [0.29, 0.717) is 60.3 Å². The quantitative estimate of drug-likeness (QED) is 0.403. The molecule has 35 heavy (non-hydrogen) atoms. The maximum atomic E-state index is 13.6. The van der Waals surface area contributed by atoms with Crippen molar-refractivity contribution in [1.29, 1.82) is 0 Å². The first-order chi connectivity index (χ1) is 17.1. The van der Waals surface area contributed by atoms with Crippen LogP contribution in [0.15, 0.2) is 71.4 Å². The summed E-state index contributed by atoms with van der Waals surface area (Å²) in [4.78, 5) is 23.9. The van der Waals surface area contributed by atoms with Crippen molar-refractivity contribution in [2.75, 3.05) is 18.0 Å². The molecule has 4 aromatic rings. The second kappa shape index (κ2) is 10.2. The fourth-order valence-corrected chi connectivity index (χ4v) is 4.42. The van der Waals surface area contributed by atoms with E-state index in [1.165, 1.54) is 12.1 Å². The first kappa shape index (κ1) is 23.0. The van der Waals surface area contributed by atoms with Gasteiger partial charge in [-0.05, 0) is 48.7 Å². The maximum absolute atomic E-state index is 13.6. The standard InChI is InChI=1S/C26H23ClFN5O2/c27-22-9-2-1-5-19(22)16-30-25(34)17-10-13-33(14-11-17)24-21(8-4-12-29-24)26-31-23(32-35-26)18-6-3-7-20(28)15-18/h1-9,12,15,17H,10-11,13-14,16H2,(H,30,34). The SMILES string of the molecule is O=C(NCc1ccccc1Cl)C1CCN(c2ncccc2-c2nc(-c3cccc(F)c3)no2)CC1. The zero-order valence-corrected chi connectivity index (χ0v) is 19.6. The van der Waals surface area contributed by atoms with Crippen molar-refractivity contribution < 1.29 is 13.7 Å². The average Bonchev–Trinajstić information content (AvgIpc) is 3.39. The Kier molecular flexibility index (Phi) is 6.72. The number of aromatic nitrogens is 3. The molecule has 0 radical (unpaired) electrons. The number of benzene rings is 2. The van der Waals surface area contributed by atoms with Crippen molar-refractivity contribution in [3.63, 3.8) is 0 Å². The van der Waals surface area contributed by atoms with Gasteiger partial charge in [0.1, 0.15) is 11.6 Å². The lowest BCUT2D eigenvalue weighted by Crippen LogP contribution is -2.40. The number of carbonyl (C=O) groups excluding carboxylic acids is 1. The molecule has 1 amide bonds. The lowest BCUT2D eigenvalue weighted by atomic mass is 9.95. The van der Waals surface area contributed by atoms with Crippen LogP contribution >= 0.6 is 11.6 Å². The first-order valence-electron chi connectivity index (χ1n) is 11.4. The zero-order chi connectivity index (χ0) is 24.2. The Morgan fingerprint density at radius 3 is 2.74 bits per heavy atom. The molecular formula is C26H23ClFN5O2. The van der Waals surface area contributed by atoms with E-state index < -0.39 is 0 Å². The van der Waals surface area contributed by atoms with Gasteiger partial charge in [-0.15, -0.1) is 0 Å². The van der Waals surface area contributed by atoms with Crippen molar-refractivity contribution in [2.24, 2.45) is 5.92 Å². The van der Waals surface area contributed by atoms with E-state index in [1.807, 2.05) is 30.3 Å². The van der Waals surface area contributed by atoms with E-state index in [4.69, 9.17) is 16.1 Å². The number of piperidine rings is 1. The Labute approximate surface area is 206 Å². The van der Waals surface area contributed by atoms with E-state index in [2.05, 4.69) is 25.3 Å². The minimum Gasteiger partial charge on any atom is -0.356 e. The minimum atomic E-state index is -0.366. The zero-order valence-electron chi connectivity index (χ0n) is 18.8. The van der Waals surface area contributed by atoms with E-state index in [1.54, 1.807) is 24.4 Å². The number of hydrogen-bond acceptors (Lipinski definition) is 6. The largest absolute Gasteiger partial charge is 0.356 e. The van der Waals surface area contributed by atoms with Gasteiger partial charge in [-0.1, -0.05) is 47.1 Å². The third-order valence-electron chi connectivity index (χ3n) is 6.10. The number of halogens is 2. The smallest absolute Gasteiger partial charge is 0.261 e. The van der Waals surface area contributed by atoms with Crippen LogP contribution in [0.2, 0.25) is 5.02 Å².